The number of aliphatic hydroxyl groups is 1. The van der Waals surface area contributed by atoms with Gasteiger partial charge in [0.05, 0.1) is 11.9 Å². The summed E-state index contributed by atoms with van der Waals surface area (Å²) in [5.74, 6) is 0.632. The number of hydrogen-bond acceptors (Lipinski definition) is 4. The number of hydrogen-bond donors (Lipinski definition) is 1. The van der Waals surface area contributed by atoms with Gasteiger partial charge in [-0.15, -0.1) is 0 Å². The fraction of sp³-hybridized carbons (Fsp3) is 0.684. The van der Waals surface area contributed by atoms with Crippen molar-refractivity contribution in [2.24, 2.45) is 11.8 Å². The molecule has 0 spiro atoms. The van der Waals surface area contributed by atoms with Crippen LogP contribution in [0.2, 0.25) is 0 Å². The highest BCUT2D eigenvalue weighted by molar-refractivity contribution is 5.79. The SMILES string of the molecule is C[C@@H]1CCCN(C(=O)C2CCN(C[C@@H](O)c3ccc(F)cn3)CC2)C1. The number of pyridine rings is 1. The maximum absolute atomic E-state index is 12.9. The van der Waals surface area contributed by atoms with Crippen molar-refractivity contribution in [3.8, 4) is 0 Å². The number of rotatable bonds is 4. The molecular formula is C19H28FN3O2. The third-order valence-electron chi connectivity index (χ3n) is 5.43. The van der Waals surface area contributed by atoms with E-state index in [0.717, 1.165) is 51.6 Å². The predicted octanol–water partition coefficient (Wildman–Crippen LogP) is 2.22. The van der Waals surface area contributed by atoms with E-state index in [-0.39, 0.29) is 5.92 Å². The Morgan fingerprint density at radius 1 is 1.32 bits per heavy atom. The smallest absolute Gasteiger partial charge is 0.225 e. The van der Waals surface area contributed by atoms with Crippen LogP contribution < -0.4 is 0 Å². The molecular weight excluding hydrogens is 321 g/mol. The number of amides is 1. The Morgan fingerprint density at radius 2 is 2.08 bits per heavy atom. The maximum Gasteiger partial charge on any atom is 0.225 e. The average Bonchev–Trinajstić information content (AvgIpc) is 2.62. The van der Waals surface area contributed by atoms with Gasteiger partial charge in [0, 0.05) is 25.6 Å². The van der Waals surface area contributed by atoms with Crippen LogP contribution in [0.25, 0.3) is 0 Å². The number of β-amino-alcohol motifs (C(OH)–C–C–N with tert-alkyl or cyclic N) is 1. The number of piperidine rings is 2. The van der Waals surface area contributed by atoms with Gasteiger partial charge in [0.25, 0.3) is 0 Å². The Hall–Kier alpha value is -1.53. The van der Waals surface area contributed by atoms with Crippen LogP contribution in [0.3, 0.4) is 0 Å². The number of carbonyl (C=O) groups excluding carboxylic acids is 1. The molecule has 2 aliphatic rings. The van der Waals surface area contributed by atoms with E-state index < -0.39 is 11.9 Å². The van der Waals surface area contributed by atoms with Crippen LogP contribution in [0.15, 0.2) is 18.3 Å². The fourth-order valence-electron chi connectivity index (χ4n) is 3.93. The molecule has 5 nitrogen and oxygen atoms in total. The molecule has 1 N–H and O–H groups in total. The van der Waals surface area contributed by atoms with Crippen molar-refractivity contribution in [2.45, 2.75) is 38.7 Å². The predicted molar refractivity (Wildman–Crippen MR) is 93.3 cm³/mol. The van der Waals surface area contributed by atoms with Crippen LogP contribution in [-0.4, -0.2) is 58.5 Å². The highest BCUT2D eigenvalue weighted by Crippen LogP contribution is 2.24. The average molecular weight is 349 g/mol. The van der Waals surface area contributed by atoms with Crippen molar-refractivity contribution in [2.75, 3.05) is 32.7 Å². The molecule has 25 heavy (non-hydrogen) atoms. The summed E-state index contributed by atoms with van der Waals surface area (Å²) in [5, 5.41) is 10.3. The second-order valence-corrected chi connectivity index (χ2v) is 7.52. The van der Waals surface area contributed by atoms with Crippen LogP contribution in [0.5, 0.6) is 0 Å². The molecule has 1 aromatic heterocycles. The van der Waals surface area contributed by atoms with E-state index in [2.05, 4.69) is 16.8 Å². The Labute approximate surface area is 148 Å². The number of aliphatic hydroxyl groups excluding tert-OH is 1. The Bertz CT molecular complexity index is 573. The first-order valence-electron chi connectivity index (χ1n) is 9.33. The third-order valence-corrected chi connectivity index (χ3v) is 5.43. The lowest BCUT2D eigenvalue weighted by Gasteiger charge is -2.37. The summed E-state index contributed by atoms with van der Waals surface area (Å²) in [6, 6.07) is 2.84. The van der Waals surface area contributed by atoms with E-state index in [4.69, 9.17) is 0 Å². The summed E-state index contributed by atoms with van der Waals surface area (Å²) in [5.41, 5.74) is 0.488. The largest absolute Gasteiger partial charge is 0.385 e. The van der Waals surface area contributed by atoms with Crippen molar-refractivity contribution < 1.29 is 14.3 Å². The number of nitrogens with zero attached hydrogens (tertiary/aromatic N) is 3. The van der Waals surface area contributed by atoms with Gasteiger partial charge in [-0.05, 0) is 56.8 Å². The number of likely N-dealkylation sites (tertiary alicyclic amines) is 2. The summed E-state index contributed by atoms with van der Waals surface area (Å²) in [6.45, 7) is 6.09. The van der Waals surface area contributed by atoms with Gasteiger partial charge in [-0.2, -0.15) is 0 Å². The zero-order valence-corrected chi connectivity index (χ0v) is 14.9. The zero-order valence-electron chi connectivity index (χ0n) is 14.9. The van der Waals surface area contributed by atoms with E-state index in [1.165, 1.54) is 18.6 Å². The van der Waals surface area contributed by atoms with Crippen LogP contribution in [0, 0.1) is 17.7 Å². The van der Waals surface area contributed by atoms with Gasteiger partial charge in [0.1, 0.15) is 11.9 Å². The topological polar surface area (TPSA) is 56.7 Å². The normalized spacial score (nSPS) is 24.3. The molecule has 0 aromatic carbocycles. The van der Waals surface area contributed by atoms with E-state index in [0.29, 0.717) is 24.1 Å². The number of halogens is 1. The second-order valence-electron chi connectivity index (χ2n) is 7.52. The van der Waals surface area contributed by atoms with Gasteiger partial charge in [-0.3, -0.25) is 9.78 Å². The summed E-state index contributed by atoms with van der Waals surface area (Å²) in [6.07, 6.45) is 4.42. The molecule has 2 saturated heterocycles. The van der Waals surface area contributed by atoms with Gasteiger partial charge in [-0.1, -0.05) is 6.92 Å². The number of carbonyl (C=O) groups is 1. The van der Waals surface area contributed by atoms with Crippen LogP contribution in [-0.2, 0) is 4.79 Å². The number of aromatic nitrogens is 1. The minimum absolute atomic E-state index is 0.114. The van der Waals surface area contributed by atoms with Gasteiger partial charge in [0.2, 0.25) is 5.91 Å². The minimum Gasteiger partial charge on any atom is -0.385 e. The monoisotopic (exact) mass is 349 g/mol. The van der Waals surface area contributed by atoms with Crippen molar-refractivity contribution in [3.63, 3.8) is 0 Å². The third kappa shape index (κ3) is 4.76. The van der Waals surface area contributed by atoms with Crippen molar-refractivity contribution in [1.29, 1.82) is 0 Å². The molecule has 0 unspecified atom stereocenters. The van der Waals surface area contributed by atoms with E-state index in [9.17, 15) is 14.3 Å². The molecule has 0 bridgehead atoms. The fourth-order valence-corrected chi connectivity index (χ4v) is 3.93. The first kappa shape index (κ1) is 18.3. The van der Waals surface area contributed by atoms with Crippen molar-refractivity contribution >= 4 is 5.91 Å². The van der Waals surface area contributed by atoms with Gasteiger partial charge >= 0.3 is 0 Å². The van der Waals surface area contributed by atoms with Crippen molar-refractivity contribution in [1.82, 2.24) is 14.8 Å². The Balaban J connectivity index is 1.46. The second kappa shape index (κ2) is 8.23. The van der Waals surface area contributed by atoms with Crippen LogP contribution >= 0.6 is 0 Å². The molecule has 1 amide bonds. The van der Waals surface area contributed by atoms with Gasteiger partial charge in [-0.25, -0.2) is 4.39 Å². The van der Waals surface area contributed by atoms with E-state index in [1.807, 2.05) is 4.90 Å². The first-order chi connectivity index (χ1) is 12.0. The quantitative estimate of drug-likeness (QED) is 0.906. The lowest BCUT2D eigenvalue weighted by Crippen LogP contribution is -2.46. The van der Waals surface area contributed by atoms with Gasteiger partial charge < -0.3 is 14.9 Å². The molecule has 0 saturated carbocycles. The Morgan fingerprint density at radius 3 is 2.72 bits per heavy atom. The Kier molecular flexibility index (Phi) is 6.02. The van der Waals surface area contributed by atoms with E-state index in [1.54, 1.807) is 0 Å². The highest BCUT2D eigenvalue weighted by atomic mass is 19.1. The van der Waals surface area contributed by atoms with Crippen molar-refractivity contribution in [3.05, 3.63) is 29.8 Å². The lowest BCUT2D eigenvalue weighted by molar-refractivity contribution is -0.138. The summed E-state index contributed by atoms with van der Waals surface area (Å²) in [7, 11) is 0. The molecule has 2 atom stereocenters. The highest BCUT2D eigenvalue weighted by Gasteiger charge is 2.31. The summed E-state index contributed by atoms with van der Waals surface area (Å²) in [4.78, 5) is 20.8. The van der Waals surface area contributed by atoms with E-state index >= 15 is 0 Å². The zero-order chi connectivity index (χ0) is 17.8. The van der Waals surface area contributed by atoms with Gasteiger partial charge in [0.15, 0.2) is 0 Å². The lowest BCUT2D eigenvalue weighted by atomic mass is 9.92. The van der Waals surface area contributed by atoms with Crippen LogP contribution in [0.4, 0.5) is 4.39 Å². The standard InChI is InChI=1S/C19H28FN3O2/c1-14-3-2-8-23(12-14)19(25)15-6-9-22(10-7-15)13-18(24)17-5-4-16(20)11-21-17/h4-5,11,14-15,18,24H,2-3,6-10,12-13H2,1H3/t14-,18-/m1/s1. The molecule has 2 fully saturated rings. The maximum atomic E-state index is 12.9. The molecule has 0 aliphatic carbocycles. The molecule has 1 aromatic rings. The molecule has 3 heterocycles. The molecule has 6 heteroatoms. The minimum atomic E-state index is -0.726. The van der Waals surface area contributed by atoms with Crippen LogP contribution in [0.1, 0.15) is 44.4 Å². The molecule has 2 aliphatic heterocycles. The molecule has 3 rings (SSSR count). The summed E-state index contributed by atoms with van der Waals surface area (Å²) >= 11 is 0. The molecule has 0 radical (unpaired) electrons. The first-order valence-corrected chi connectivity index (χ1v) is 9.33. The summed E-state index contributed by atoms with van der Waals surface area (Å²) < 4.78 is 12.9. The molecule has 138 valence electrons.